The lowest BCUT2D eigenvalue weighted by atomic mass is 10.1. The Kier molecular flexibility index (Phi) is 4.90. The van der Waals surface area contributed by atoms with E-state index < -0.39 is 0 Å². The van der Waals surface area contributed by atoms with E-state index in [-0.39, 0.29) is 5.97 Å². The van der Waals surface area contributed by atoms with Crippen molar-refractivity contribution in [2.45, 2.75) is 40.4 Å². The summed E-state index contributed by atoms with van der Waals surface area (Å²) in [5, 5.41) is 7.81. The van der Waals surface area contributed by atoms with Crippen LogP contribution in [-0.2, 0) is 24.4 Å². The molecule has 2 aromatic heterocycles. The van der Waals surface area contributed by atoms with Crippen LogP contribution in [0.3, 0.4) is 0 Å². The average molecular weight is 379 g/mol. The van der Waals surface area contributed by atoms with Crippen LogP contribution in [0, 0.1) is 12.8 Å². The summed E-state index contributed by atoms with van der Waals surface area (Å²) in [6, 6.07) is 6.41. The zero-order chi connectivity index (χ0) is 19.7. The number of carbonyl (C=O) groups is 1. The Morgan fingerprint density at radius 2 is 2.18 bits per heavy atom. The number of nitrogens with zero attached hydrogens (tertiary/aromatic N) is 4. The molecule has 0 amide bonds. The van der Waals surface area contributed by atoms with Gasteiger partial charge in [0.1, 0.15) is 5.82 Å². The molecule has 1 aromatic carbocycles. The lowest BCUT2D eigenvalue weighted by molar-refractivity contribution is 0.0452. The minimum atomic E-state index is -0.362. The van der Waals surface area contributed by atoms with Gasteiger partial charge in [0.05, 0.1) is 32.4 Å². The van der Waals surface area contributed by atoms with E-state index in [4.69, 9.17) is 4.74 Å². The summed E-state index contributed by atoms with van der Waals surface area (Å²) in [5.41, 5.74) is 4.97. The number of carbonyl (C=O) groups excluding carboxylic acids is 1. The molecule has 4 rings (SSSR count). The number of imidazole rings is 1. The number of fused-ring (bicyclic) bond motifs is 2. The van der Waals surface area contributed by atoms with E-state index in [0.29, 0.717) is 31.3 Å². The fourth-order valence-electron chi connectivity index (χ4n) is 3.27. The topological polar surface area (TPSA) is 74.0 Å². The normalized spacial score (nSPS) is 12.9. The van der Waals surface area contributed by atoms with Gasteiger partial charge in [0.15, 0.2) is 5.69 Å². The standard InChI is InChI=1S/C21H25N5O2/c1-14(2)13-28-21(27)19-12-25-11-17-5-4-16(10-26-9-15(3)7-23-26)6-18(17)22-8-20(25)24-19/h4-7,9,12,14,22H,8,10-11,13H2,1-3H3. The van der Waals surface area contributed by atoms with Crippen molar-refractivity contribution in [1.29, 1.82) is 0 Å². The van der Waals surface area contributed by atoms with Crippen molar-refractivity contribution in [2.24, 2.45) is 5.92 Å². The van der Waals surface area contributed by atoms with Gasteiger partial charge in [0.2, 0.25) is 0 Å². The van der Waals surface area contributed by atoms with Crippen LogP contribution >= 0.6 is 0 Å². The molecule has 1 aliphatic rings. The average Bonchev–Trinajstić information content (AvgIpc) is 3.21. The lowest BCUT2D eigenvalue weighted by Gasteiger charge is -2.10. The second-order valence-corrected chi connectivity index (χ2v) is 7.72. The van der Waals surface area contributed by atoms with Crippen molar-refractivity contribution in [3.63, 3.8) is 0 Å². The summed E-state index contributed by atoms with van der Waals surface area (Å²) in [6.45, 7) is 8.44. The molecule has 0 saturated carbocycles. The minimum absolute atomic E-state index is 0.304. The van der Waals surface area contributed by atoms with Gasteiger partial charge in [-0.25, -0.2) is 9.78 Å². The number of benzene rings is 1. The maximum atomic E-state index is 12.2. The van der Waals surface area contributed by atoms with Crippen LogP contribution in [0.4, 0.5) is 5.69 Å². The fraction of sp³-hybridized carbons (Fsp3) is 0.381. The van der Waals surface area contributed by atoms with Crippen molar-refractivity contribution < 1.29 is 9.53 Å². The third-order valence-electron chi connectivity index (χ3n) is 4.67. The van der Waals surface area contributed by atoms with Crippen LogP contribution in [0.2, 0.25) is 0 Å². The van der Waals surface area contributed by atoms with Crippen molar-refractivity contribution in [3.05, 3.63) is 65.0 Å². The lowest BCUT2D eigenvalue weighted by Crippen LogP contribution is -2.11. The Morgan fingerprint density at radius 3 is 2.93 bits per heavy atom. The SMILES string of the molecule is Cc1cnn(Cc2ccc3c(c2)NCc2nc(C(=O)OCC(C)C)cn2C3)c1. The molecular weight excluding hydrogens is 354 g/mol. The molecule has 7 heteroatoms. The van der Waals surface area contributed by atoms with Gasteiger partial charge in [-0.2, -0.15) is 5.10 Å². The van der Waals surface area contributed by atoms with Crippen LogP contribution in [0.5, 0.6) is 0 Å². The molecule has 0 unspecified atom stereocenters. The highest BCUT2D eigenvalue weighted by atomic mass is 16.5. The molecule has 0 atom stereocenters. The van der Waals surface area contributed by atoms with E-state index >= 15 is 0 Å². The number of nitrogens with one attached hydrogen (secondary N) is 1. The monoisotopic (exact) mass is 379 g/mol. The minimum Gasteiger partial charge on any atom is -0.461 e. The molecule has 1 aliphatic heterocycles. The highest BCUT2D eigenvalue weighted by Crippen LogP contribution is 2.24. The van der Waals surface area contributed by atoms with E-state index in [1.165, 1.54) is 11.1 Å². The molecular formula is C21H25N5O2. The van der Waals surface area contributed by atoms with Crippen LogP contribution in [0.1, 0.15) is 46.9 Å². The maximum Gasteiger partial charge on any atom is 0.358 e. The molecule has 3 heterocycles. The molecule has 0 aliphatic carbocycles. The Balaban J connectivity index is 1.50. The highest BCUT2D eigenvalue weighted by molar-refractivity contribution is 5.87. The van der Waals surface area contributed by atoms with Gasteiger partial charge in [-0.3, -0.25) is 4.68 Å². The largest absolute Gasteiger partial charge is 0.461 e. The molecule has 0 radical (unpaired) electrons. The van der Waals surface area contributed by atoms with E-state index in [2.05, 4.69) is 33.6 Å². The first-order valence-electron chi connectivity index (χ1n) is 9.56. The molecule has 3 aromatic rings. The van der Waals surface area contributed by atoms with Crippen molar-refractivity contribution >= 4 is 11.7 Å². The van der Waals surface area contributed by atoms with Crippen LogP contribution in [0.15, 0.2) is 36.8 Å². The summed E-state index contributed by atoms with van der Waals surface area (Å²) >= 11 is 0. The van der Waals surface area contributed by atoms with Gasteiger partial charge in [-0.1, -0.05) is 26.0 Å². The Bertz CT molecular complexity index is 1000. The second kappa shape index (κ2) is 7.50. The number of hydrogen-bond acceptors (Lipinski definition) is 5. The number of aryl methyl sites for hydroxylation is 1. The summed E-state index contributed by atoms with van der Waals surface area (Å²) in [4.78, 5) is 16.7. The Labute approximate surface area is 164 Å². The van der Waals surface area contributed by atoms with E-state index in [1.54, 1.807) is 6.20 Å². The number of esters is 1. The van der Waals surface area contributed by atoms with Crippen LogP contribution in [0.25, 0.3) is 0 Å². The molecule has 0 spiro atoms. The number of rotatable bonds is 5. The maximum absolute atomic E-state index is 12.2. The number of hydrogen-bond donors (Lipinski definition) is 1. The van der Waals surface area contributed by atoms with Crippen LogP contribution in [-0.4, -0.2) is 31.9 Å². The quantitative estimate of drug-likeness (QED) is 0.689. The first-order valence-corrected chi connectivity index (χ1v) is 9.56. The summed E-state index contributed by atoms with van der Waals surface area (Å²) in [5.74, 6) is 0.772. The Morgan fingerprint density at radius 1 is 1.32 bits per heavy atom. The summed E-state index contributed by atoms with van der Waals surface area (Å²) in [6.07, 6.45) is 5.69. The third kappa shape index (κ3) is 3.93. The van der Waals surface area contributed by atoms with Crippen LogP contribution < -0.4 is 5.32 Å². The van der Waals surface area contributed by atoms with Gasteiger partial charge >= 0.3 is 5.97 Å². The van der Waals surface area contributed by atoms with Crippen molar-refractivity contribution in [1.82, 2.24) is 19.3 Å². The fourth-order valence-corrected chi connectivity index (χ4v) is 3.27. The molecule has 28 heavy (non-hydrogen) atoms. The molecule has 0 saturated heterocycles. The van der Waals surface area contributed by atoms with Gasteiger partial charge in [0.25, 0.3) is 0 Å². The van der Waals surface area contributed by atoms with E-state index in [9.17, 15) is 4.79 Å². The predicted molar refractivity (Wildman–Crippen MR) is 106 cm³/mol. The second-order valence-electron chi connectivity index (χ2n) is 7.72. The number of aromatic nitrogens is 4. The van der Waals surface area contributed by atoms with Gasteiger partial charge in [-0.15, -0.1) is 0 Å². The smallest absolute Gasteiger partial charge is 0.358 e. The van der Waals surface area contributed by atoms with E-state index in [0.717, 1.165) is 23.6 Å². The molecule has 7 nitrogen and oxygen atoms in total. The highest BCUT2D eigenvalue weighted by Gasteiger charge is 2.19. The molecule has 0 bridgehead atoms. The zero-order valence-corrected chi connectivity index (χ0v) is 16.5. The molecule has 1 N–H and O–H groups in total. The van der Waals surface area contributed by atoms with Gasteiger partial charge < -0.3 is 14.6 Å². The van der Waals surface area contributed by atoms with Gasteiger partial charge in [0, 0.05) is 18.1 Å². The first-order chi connectivity index (χ1) is 13.5. The van der Waals surface area contributed by atoms with Crippen molar-refractivity contribution in [2.75, 3.05) is 11.9 Å². The number of anilines is 1. The molecule has 146 valence electrons. The van der Waals surface area contributed by atoms with Gasteiger partial charge in [-0.05, 0) is 35.6 Å². The Hall–Kier alpha value is -3.09. The van der Waals surface area contributed by atoms with Crippen molar-refractivity contribution in [3.8, 4) is 0 Å². The predicted octanol–water partition coefficient (Wildman–Crippen LogP) is 3.22. The summed E-state index contributed by atoms with van der Waals surface area (Å²) in [7, 11) is 0. The van der Waals surface area contributed by atoms with E-state index in [1.807, 2.05) is 42.4 Å². The first kappa shape index (κ1) is 18.3. The number of ether oxygens (including phenoxy) is 1. The zero-order valence-electron chi connectivity index (χ0n) is 16.5. The third-order valence-corrected chi connectivity index (χ3v) is 4.67. The summed E-state index contributed by atoms with van der Waals surface area (Å²) < 4.78 is 9.25. The molecule has 0 fully saturated rings.